The van der Waals surface area contributed by atoms with Gasteiger partial charge in [-0.1, -0.05) is 0 Å². The summed E-state index contributed by atoms with van der Waals surface area (Å²) in [5.74, 6) is 2.73. The molecule has 6 aromatic heterocycles. The van der Waals surface area contributed by atoms with Crippen LogP contribution in [0.4, 0.5) is 49.3 Å². The van der Waals surface area contributed by atoms with E-state index in [0.717, 1.165) is 36.0 Å². The molecule has 35 nitrogen and oxygen atoms in total. The van der Waals surface area contributed by atoms with Crippen LogP contribution in [0.1, 0.15) is 153 Å². The number of fused-ring (bicyclic) bond motifs is 3. The second-order valence-corrected chi connectivity index (χ2v) is 29.3. The number of carbonyl (C=O) groups excluding carboxylic acids is 9. The molecule has 12 rings (SSSR count). The van der Waals surface area contributed by atoms with E-state index in [4.69, 9.17) is 37.9 Å². The third kappa shape index (κ3) is 22.2. The number of likely N-dealkylation sites (N-methyl/N-ethyl adjacent to an activating group) is 3. The van der Waals surface area contributed by atoms with Crippen molar-refractivity contribution in [2.75, 3.05) is 138 Å². The molecule has 36 heteroatoms. The van der Waals surface area contributed by atoms with Crippen molar-refractivity contribution in [3.63, 3.8) is 0 Å². The summed E-state index contributed by atoms with van der Waals surface area (Å²) >= 11 is 1.44. The van der Waals surface area contributed by atoms with Crippen molar-refractivity contribution < 1.29 is 81.0 Å². The second kappa shape index (κ2) is 42.1. The Hall–Kier alpha value is -11.7. The van der Waals surface area contributed by atoms with Crippen LogP contribution in [0, 0.1) is 34.0 Å². The van der Waals surface area contributed by atoms with Gasteiger partial charge in [-0.05, 0) is 132 Å². The number of hydrogen-bond donors (Lipinski definition) is 3. The Morgan fingerprint density at radius 1 is 0.509 bits per heavy atom. The molecule has 0 unspecified atom stereocenters. The fourth-order valence-electron chi connectivity index (χ4n) is 13.8. The number of rotatable bonds is 27. The number of urea groups is 3. The molecule has 0 aliphatic carbocycles. The summed E-state index contributed by atoms with van der Waals surface area (Å²) in [6.07, 6.45) is 12.8. The van der Waals surface area contributed by atoms with Gasteiger partial charge in [0.25, 0.3) is 17.7 Å². The van der Waals surface area contributed by atoms with Crippen LogP contribution in [0.15, 0.2) is 59.9 Å². The Labute approximate surface area is 675 Å². The summed E-state index contributed by atoms with van der Waals surface area (Å²) in [6.45, 7) is 8.34. The highest BCUT2D eigenvalue weighted by Crippen LogP contribution is 2.35. The van der Waals surface area contributed by atoms with Crippen LogP contribution in [0.2, 0.25) is 0 Å². The monoisotopic (exact) mass is 1610 g/mol. The number of anilines is 6. The van der Waals surface area contributed by atoms with Gasteiger partial charge in [0.2, 0.25) is 0 Å². The molecule has 3 saturated heterocycles. The number of thioether (sulfide) groups is 1. The van der Waals surface area contributed by atoms with E-state index in [2.05, 4.69) is 51.9 Å². The molecule has 12 heterocycles. The van der Waals surface area contributed by atoms with E-state index >= 15 is 0 Å². The van der Waals surface area contributed by atoms with Crippen LogP contribution in [-0.4, -0.2) is 237 Å². The molecule has 0 radical (unpaired) electrons. The third-order valence-electron chi connectivity index (χ3n) is 19.5. The molecule has 0 saturated carbocycles. The van der Waals surface area contributed by atoms with Crippen molar-refractivity contribution in [1.29, 1.82) is 15.8 Å². The molecule has 3 N–H and O–H groups in total. The number of aromatic nitrogens is 6. The predicted molar refractivity (Wildman–Crippen MR) is 423 cm³/mol. The smallest absolute Gasteiger partial charge is 0.328 e. The molecule has 612 valence electrons. The molecule has 3 fully saturated rings. The summed E-state index contributed by atoms with van der Waals surface area (Å²) in [4.78, 5) is 150. The van der Waals surface area contributed by atoms with Crippen molar-refractivity contribution >= 4 is 101 Å². The average molecular weight is 1610 g/mol. The van der Waals surface area contributed by atoms with Gasteiger partial charge in [0.1, 0.15) is 123 Å². The lowest BCUT2D eigenvalue weighted by Crippen LogP contribution is -2.40. The first kappa shape index (κ1) is 86.7. The number of ether oxygens (including phenoxy) is 8. The largest absolute Gasteiger partial charge is 0.487 e. The number of aryl methyl sites for hydroxylation is 3. The first-order chi connectivity index (χ1) is 56.1. The summed E-state index contributed by atoms with van der Waals surface area (Å²) in [5.41, 5.74) is 5.68. The normalized spacial score (nSPS) is 16.9. The zero-order valence-electron chi connectivity index (χ0n) is 66.0. The highest BCUT2D eigenvalue weighted by molar-refractivity contribution is 7.99. The number of nitrogens with zero attached hydrogens (tertiary/aromatic N) is 15. The Kier molecular flexibility index (Phi) is 31.5. The molecular weight excluding hydrogens is 1520 g/mol. The van der Waals surface area contributed by atoms with Crippen LogP contribution in [0.5, 0.6) is 11.5 Å². The van der Waals surface area contributed by atoms with Crippen molar-refractivity contribution in [3.8, 4) is 29.7 Å². The zero-order valence-corrected chi connectivity index (χ0v) is 66.9. The lowest BCUT2D eigenvalue weighted by molar-refractivity contribution is -0.140. The minimum absolute atomic E-state index is 0.118. The summed E-state index contributed by atoms with van der Waals surface area (Å²) < 4.78 is 43.3. The predicted octanol–water partition coefficient (Wildman–Crippen LogP) is 8.41. The van der Waals surface area contributed by atoms with Crippen molar-refractivity contribution in [2.24, 2.45) is 0 Å². The van der Waals surface area contributed by atoms with Crippen molar-refractivity contribution in [1.82, 2.24) is 44.6 Å². The molecule has 5 atom stereocenters. The topological polar surface area (TPSA) is 432 Å². The van der Waals surface area contributed by atoms with Gasteiger partial charge in [-0.2, -0.15) is 15.8 Å². The fraction of sp³-hybridized carbons (Fsp3) is 0.475. The zero-order chi connectivity index (χ0) is 83.0. The number of amides is 9. The van der Waals surface area contributed by atoms with Gasteiger partial charge in [-0.25, -0.2) is 44.3 Å². The number of methoxy groups -OCH3 is 3. The molecule has 6 aliphatic rings. The molecule has 0 aromatic carbocycles. The standard InChI is InChI=1S/2C27H32N6O6.C26H30N6O5S/c2*1-17(16-37-3)39-23-11-24(29-13-20(23)12-28)31-27(36)33-8-4-6-18-10-19(21(15-34)30-25(18)33)14-32(2)26(35)22-7-5-9-38-22;1-31(25(34)21-6-4-8-37-21)15-18-11-17-5-3-7-32(24(17)29-20(18)16-33)26(35)30-23-12-22(38-10-9-36-2)19(13-27)14-28-23/h2*10-11,13,15,17,22H,4-9,14,16H2,1-3H3,(H,29,31,36);11-12,14,16,21H,3-10,15H2,1-2H3,(H,28,30,35)/t17-,22+;17-,22-;21-/m110/s1. The highest BCUT2D eigenvalue weighted by Gasteiger charge is 2.35. The second-order valence-electron chi connectivity index (χ2n) is 28.2. The average Bonchev–Trinajstić information content (AvgIpc) is 1.13. The molecule has 6 aliphatic heterocycles. The number of aldehydes is 3. The SMILES string of the molecule is COCCSc1cc(NC(=O)N2CCCc3cc(CN(C)C(=O)[C@@H]4CCCO4)c(C=O)nc32)ncc1C#N.COC[C@@H](C)Oc1cc(NC(=O)N2CCCc3cc(CN(C)C(=O)[C@@H]4CCCO4)c(C=O)nc32)ncc1C#N.COC[C@@H](C)Oc1cc(NC(=O)N2CCCc3cc(CN(C)C(=O)[C@H]4CCCO4)c(C=O)nc32)ncc1C#N. The molecule has 0 spiro atoms. The number of carbonyl (C=O) groups is 9. The van der Waals surface area contributed by atoms with E-state index in [-0.39, 0.29) is 101 Å². The van der Waals surface area contributed by atoms with E-state index in [1.165, 1.54) is 57.2 Å². The Balaban J connectivity index is 0.000000184. The maximum Gasteiger partial charge on any atom is 0.328 e. The van der Waals surface area contributed by atoms with Gasteiger partial charge >= 0.3 is 18.1 Å². The molecule has 6 aromatic rings. The Morgan fingerprint density at radius 3 is 1.15 bits per heavy atom. The van der Waals surface area contributed by atoms with E-state index < -0.39 is 36.4 Å². The number of pyridine rings is 6. The fourth-order valence-corrected chi connectivity index (χ4v) is 14.7. The lowest BCUT2D eigenvalue weighted by atomic mass is 10.0. The summed E-state index contributed by atoms with van der Waals surface area (Å²) in [7, 11) is 9.75. The molecule has 116 heavy (non-hydrogen) atoms. The summed E-state index contributed by atoms with van der Waals surface area (Å²) in [6, 6.07) is 15.0. The van der Waals surface area contributed by atoms with Gasteiger partial charge in [0, 0.05) is 147 Å². The minimum atomic E-state index is -0.480. The van der Waals surface area contributed by atoms with E-state index in [0.29, 0.717) is 192 Å². The first-order valence-corrected chi connectivity index (χ1v) is 39.0. The van der Waals surface area contributed by atoms with Crippen LogP contribution in [-0.2, 0) is 81.7 Å². The maximum atomic E-state index is 13.3. The highest BCUT2D eigenvalue weighted by atomic mass is 32.2. The third-order valence-corrected chi connectivity index (χ3v) is 20.5. The van der Waals surface area contributed by atoms with Crippen molar-refractivity contribution in [3.05, 3.63) is 122 Å². The first-order valence-electron chi connectivity index (χ1n) is 38.1. The van der Waals surface area contributed by atoms with Gasteiger partial charge in [-0.3, -0.25) is 59.4 Å². The molecule has 0 bridgehead atoms. The lowest BCUT2D eigenvalue weighted by Gasteiger charge is -2.29. The minimum Gasteiger partial charge on any atom is -0.487 e. The van der Waals surface area contributed by atoms with Gasteiger partial charge in [0.15, 0.2) is 18.9 Å². The number of nitrogens with one attached hydrogen (secondary N) is 3. The van der Waals surface area contributed by atoms with E-state index in [9.17, 15) is 58.9 Å². The van der Waals surface area contributed by atoms with Crippen LogP contribution in [0.25, 0.3) is 0 Å². The van der Waals surface area contributed by atoms with Crippen LogP contribution in [0.3, 0.4) is 0 Å². The van der Waals surface area contributed by atoms with Gasteiger partial charge in [0.05, 0.1) is 37.8 Å². The van der Waals surface area contributed by atoms with Crippen LogP contribution < -0.4 is 40.1 Å². The summed E-state index contributed by atoms with van der Waals surface area (Å²) in [5, 5.41) is 36.4. The van der Waals surface area contributed by atoms with Crippen LogP contribution >= 0.6 is 11.8 Å². The number of hydrogen-bond acceptors (Lipinski definition) is 27. The quantitative estimate of drug-likeness (QED) is 0.0247. The van der Waals surface area contributed by atoms with Gasteiger partial charge < -0.3 is 52.6 Å². The number of nitriles is 3. The van der Waals surface area contributed by atoms with Gasteiger partial charge in [-0.15, -0.1) is 11.8 Å². The molecular formula is C80H94N18O17S. The molecule has 9 amide bonds. The maximum absolute atomic E-state index is 13.3. The van der Waals surface area contributed by atoms with E-state index in [1.807, 2.05) is 30.3 Å². The Morgan fingerprint density at radius 2 is 0.845 bits per heavy atom. The van der Waals surface area contributed by atoms with E-state index in [1.54, 1.807) is 77.1 Å². The van der Waals surface area contributed by atoms with Crippen molar-refractivity contribution in [2.45, 2.75) is 146 Å². The Bertz CT molecular complexity index is 4520.